The average molecular weight is 494 g/mol. The van der Waals surface area contributed by atoms with Gasteiger partial charge in [0.15, 0.2) is 0 Å². The smallest absolute Gasteiger partial charge is 0.244 e. The van der Waals surface area contributed by atoms with Crippen molar-refractivity contribution in [1.29, 1.82) is 0 Å². The minimum atomic E-state index is -3.79. The van der Waals surface area contributed by atoms with Gasteiger partial charge >= 0.3 is 0 Å². The van der Waals surface area contributed by atoms with Crippen LogP contribution < -0.4 is 9.62 Å². The van der Waals surface area contributed by atoms with E-state index in [1.807, 2.05) is 51.1 Å². The molecule has 0 saturated carbocycles. The quantitative estimate of drug-likeness (QED) is 0.516. The predicted molar refractivity (Wildman–Crippen MR) is 133 cm³/mol. The van der Waals surface area contributed by atoms with E-state index in [4.69, 9.17) is 11.6 Å². The van der Waals surface area contributed by atoms with Crippen molar-refractivity contribution in [3.8, 4) is 0 Å². The third-order valence-electron chi connectivity index (χ3n) is 5.25. The van der Waals surface area contributed by atoms with Gasteiger partial charge in [-0.1, -0.05) is 61.8 Å². The van der Waals surface area contributed by atoms with Crippen molar-refractivity contribution < 1.29 is 18.0 Å². The molecule has 0 spiro atoms. The van der Waals surface area contributed by atoms with Crippen molar-refractivity contribution in [2.45, 2.75) is 46.2 Å². The topological polar surface area (TPSA) is 86.8 Å². The Morgan fingerprint density at radius 2 is 1.76 bits per heavy atom. The van der Waals surface area contributed by atoms with Crippen molar-refractivity contribution in [3.63, 3.8) is 0 Å². The maximum atomic E-state index is 13.5. The highest BCUT2D eigenvalue weighted by Gasteiger charge is 2.31. The molecule has 0 aliphatic carbocycles. The normalized spacial score (nSPS) is 12.2. The Labute approximate surface area is 201 Å². The van der Waals surface area contributed by atoms with Gasteiger partial charge in [-0.15, -0.1) is 0 Å². The lowest BCUT2D eigenvalue weighted by atomic mass is 10.1. The number of hydrogen-bond donors (Lipinski definition) is 1. The van der Waals surface area contributed by atoms with Crippen molar-refractivity contribution in [3.05, 3.63) is 64.7 Å². The van der Waals surface area contributed by atoms with Gasteiger partial charge < -0.3 is 10.2 Å². The van der Waals surface area contributed by atoms with E-state index in [1.54, 1.807) is 12.1 Å². The van der Waals surface area contributed by atoms with Crippen LogP contribution in [0.1, 0.15) is 37.8 Å². The molecule has 1 N–H and O–H groups in total. The molecule has 9 heteroatoms. The number of halogens is 1. The summed E-state index contributed by atoms with van der Waals surface area (Å²) in [6, 6.07) is 13.4. The summed E-state index contributed by atoms with van der Waals surface area (Å²) in [5.41, 5.74) is 1.94. The average Bonchev–Trinajstić information content (AvgIpc) is 2.77. The number of nitrogens with zero attached hydrogens (tertiary/aromatic N) is 2. The summed E-state index contributed by atoms with van der Waals surface area (Å²) in [5.74, 6) is -0.729. The molecule has 0 heterocycles. The zero-order valence-electron chi connectivity index (χ0n) is 19.5. The van der Waals surface area contributed by atoms with Crippen molar-refractivity contribution in [2.24, 2.45) is 0 Å². The van der Waals surface area contributed by atoms with Crippen LogP contribution in [-0.4, -0.2) is 50.5 Å². The number of hydrogen-bond acceptors (Lipinski definition) is 4. The number of carbonyl (C=O) groups is 2. The number of aryl methyl sites for hydroxylation is 1. The molecule has 2 rings (SSSR count). The van der Waals surface area contributed by atoms with Gasteiger partial charge in [-0.05, 0) is 43.0 Å². The highest BCUT2D eigenvalue weighted by molar-refractivity contribution is 7.92. The summed E-state index contributed by atoms with van der Waals surface area (Å²) < 4.78 is 26.2. The molecule has 0 radical (unpaired) electrons. The SMILES string of the molecule is CCCNC(=O)[C@H](CC)N(Cc1ccccc1)C(=O)CN(c1ccc(C)c(Cl)c1)S(C)(=O)=O. The molecule has 1 atom stereocenters. The first-order valence-electron chi connectivity index (χ1n) is 10.9. The zero-order valence-corrected chi connectivity index (χ0v) is 21.1. The second-order valence-corrected chi connectivity index (χ2v) is 10.2. The summed E-state index contributed by atoms with van der Waals surface area (Å²) in [6.07, 6.45) is 2.20. The Hall–Kier alpha value is -2.58. The molecule has 7 nitrogen and oxygen atoms in total. The van der Waals surface area contributed by atoms with Gasteiger partial charge in [0.25, 0.3) is 0 Å². The molecular weight excluding hydrogens is 462 g/mol. The van der Waals surface area contributed by atoms with E-state index in [2.05, 4.69) is 5.32 Å². The number of nitrogens with one attached hydrogen (secondary N) is 1. The fourth-order valence-corrected chi connectivity index (χ4v) is 4.43. The fourth-order valence-electron chi connectivity index (χ4n) is 3.42. The largest absolute Gasteiger partial charge is 0.354 e. The number of rotatable bonds is 11. The molecule has 2 amide bonds. The molecule has 2 aromatic carbocycles. The summed E-state index contributed by atoms with van der Waals surface area (Å²) in [5, 5.41) is 3.25. The van der Waals surface area contributed by atoms with Crippen LogP contribution in [0.15, 0.2) is 48.5 Å². The van der Waals surface area contributed by atoms with Crippen molar-refractivity contribution in [1.82, 2.24) is 10.2 Å². The second-order valence-electron chi connectivity index (χ2n) is 7.93. The third-order valence-corrected chi connectivity index (χ3v) is 6.80. The lowest BCUT2D eigenvalue weighted by molar-refractivity contribution is -0.140. The molecule has 0 aromatic heterocycles. The van der Waals surface area contributed by atoms with Gasteiger partial charge in [-0.25, -0.2) is 8.42 Å². The number of sulfonamides is 1. The summed E-state index contributed by atoms with van der Waals surface area (Å²) in [4.78, 5) is 27.8. The molecule has 0 unspecified atom stereocenters. The Morgan fingerprint density at radius 1 is 1.09 bits per heavy atom. The van der Waals surface area contributed by atoms with Crippen LogP contribution in [0.3, 0.4) is 0 Å². The second kappa shape index (κ2) is 12.0. The van der Waals surface area contributed by atoms with Gasteiger partial charge in [0.1, 0.15) is 12.6 Å². The van der Waals surface area contributed by atoms with Crippen LogP contribution in [0.5, 0.6) is 0 Å². The first-order valence-corrected chi connectivity index (χ1v) is 13.2. The Balaban J connectivity index is 2.41. The number of anilines is 1. The van der Waals surface area contributed by atoms with Gasteiger partial charge in [0, 0.05) is 18.1 Å². The van der Waals surface area contributed by atoms with Crippen LogP contribution in [0, 0.1) is 6.92 Å². The van der Waals surface area contributed by atoms with Crippen LogP contribution in [0.4, 0.5) is 5.69 Å². The molecule has 0 aliphatic heterocycles. The van der Waals surface area contributed by atoms with Crippen molar-refractivity contribution in [2.75, 3.05) is 23.7 Å². The molecule has 33 heavy (non-hydrogen) atoms. The molecule has 180 valence electrons. The first kappa shape index (κ1) is 26.7. The van der Waals surface area contributed by atoms with E-state index >= 15 is 0 Å². The maximum absolute atomic E-state index is 13.5. The highest BCUT2D eigenvalue weighted by atomic mass is 35.5. The van der Waals surface area contributed by atoms with Gasteiger partial charge in [0.2, 0.25) is 21.8 Å². The minimum absolute atomic E-state index is 0.185. The monoisotopic (exact) mass is 493 g/mol. The number of amides is 2. The molecule has 0 fully saturated rings. The minimum Gasteiger partial charge on any atom is -0.354 e. The van der Waals surface area contributed by atoms with Gasteiger partial charge in [0.05, 0.1) is 11.9 Å². The zero-order chi connectivity index (χ0) is 24.6. The Bertz CT molecular complexity index is 1060. The number of carbonyl (C=O) groups excluding carboxylic acids is 2. The van der Waals surface area contributed by atoms with Crippen molar-refractivity contribution >= 4 is 39.1 Å². The van der Waals surface area contributed by atoms with E-state index in [0.29, 0.717) is 23.7 Å². The lowest BCUT2D eigenvalue weighted by Crippen LogP contribution is -2.52. The molecule has 0 aliphatic rings. The molecular formula is C24H32ClN3O4S. The van der Waals surface area contributed by atoms with E-state index < -0.39 is 28.5 Å². The van der Waals surface area contributed by atoms with Crippen LogP contribution in [-0.2, 0) is 26.2 Å². The highest BCUT2D eigenvalue weighted by Crippen LogP contribution is 2.25. The fraction of sp³-hybridized carbons (Fsp3) is 0.417. The molecule has 2 aromatic rings. The summed E-state index contributed by atoms with van der Waals surface area (Å²) in [6.45, 7) is 5.83. The molecule has 0 bridgehead atoms. The molecule has 0 saturated heterocycles. The van der Waals surface area contributed by atoms with Gasteiger partial charge in [-0.3, -0.25) is 13.9 Å². The Kier molecular flexibility index (Phi) is 9.73. The Morgan fingerprint density at radius 3 is 2.30 bits per heavy atom. The predicted octanol–water partition coefficient (Wildman–Crippen LogP) is 3.75. The summed E-state index contributed by atoms with van der Waals surface area (Å²) >= 11 is 6.21. The van der Waals surface area contributed by atoms with E-state index in [-0.39, 0.29) is 12.5 Å². The van der Waals surface area contributed by atoms with E-state index in [9.17, 15) is 18.0 Å². The maximum Gasteiger partial charge on any atom is 0.244 e. The van der Waals surface area contributed by atoms with Crippen LogP contribution in [0.2, 0.25) is 5.02 Å². The van der Waals surface area contributed by atoms with Crippen LogP contribution >= 0.6 is 11.6 Å². The van der Waals surface area contributed by atoms with Gasteiger partial charge in [-0.2, -0.15) is 0 Å². The first-order chi connectivity index (χ1) is 15.6. The third kappa shape index (κ3) is 7.47. The lowest BCUT2D eigenvalue weighted by Gasteiger charge is -2.33. The van der Waals surface area contributed by atoms with E-state index in [1.165, 1.54) is 11.0 Å². The number of benzene rings is 2. The summed E-state index contributed by atoms with van der Waals surface area (Å²) in [7, 11) is -3.79. The van der Waals surface area contributed by atoms with E-state index in [0.717, 1.165) is 28.1 Å². The standard InChI is InChI=1S/C24H32ClN3O4S/c1-5-14-26-24(30)22(6-2)27(16-19-10-8-7-9-11-19)23(29)17-28(33(4,31)32)20-13-12-18(3)21(25)15-20/h7-13,15,22H,5-6,14,16-17H2,1-4H3,(H,26,30)/t22-/m0/s1. The van der Waals surface area contributed by atoms with Crippen LogP contribution in [0.25, 0.3) is 0 Å².